The number of nitrogens with zero attached hydrogens (tertiary/aromatic N) is 3. The lowest BCUT2D eigenvalue weighted by Gasteiger charge is -2.35. The summed E-state index contributed by atoms with van der Waals surface area (Å²) in [4.78, 5) is 19.4. The maximum Gasteiger partial charge on any atom is 0.254 e. The van der Waals surface area contributed by atoms with Crippen LogP contribution in [-0.2, 0) is 6.61 Å². The summed E-state index contributed by atoms with van der Waals surface area (Å²) in [7, 11) is 0. The highest BCUT2D eigenvalue weighted by Crippen LogP contribution is 2.22. The topological polar surface area (TPSA) is 72.9 Å². The summed E-state index contributed by atoms with van der Waals surface area (Å²) >= 11 is 0. The van der Waals surface area contributed by atoms with Gasteiger partial charge in [-0.2, -0.15) is 0 Å². The minimum atomic E-state index is 0. The van der Waals surface area contributed by atoms with Crippen LogP contribution in [0.4, 0.5) is 0 Å². The lowest BCUT2D eigenvalue weighted by atomic mass is 10.0. The number of benzene rings is 1. The third-order valence-corrected chi connectivity index (χ3v) is 5.28. The summed E-state index contributed by atoms with van der Waals surface area (Å²) in [6.45, 7) is 3.69. The third kappa shape index (κ3) is 5.25. The van der Waals surface area contributed by atoms with E-state index < -0.39 is 0 Å². The molecule has 1 atom stereocenters. The Morgan fingerprint density at radius 2 is 2.03 bits per heavy atom. The molecule has 3 aromatic rings. The predicted molar refractivity (Wildman–Crippen MR) is 123 cm³/mol. The number of carbonyl (C=O) groups excluding carboxylic acids is 1. The van der Waals surface area contributed by atoms with Crippen molar-refractivity contribution < 1.29 is 9.53 Å². The smallest absolute Gasteiger partial charge is 0.254 e. The Morgan fingerprint density at radius 3 is 2.83 bits per heavy atom. The average molecular weight is 451 g/mol. The van der Waals surface area contributed by atoms with Gasteiger partial charge in [-0.1, -0.05) is 12.1 Å². The van der Waals surface area contributed by atoms with E-state index in [2.05, 4.69) is 11.9 Å². The van der Waals surface area contributed by atoms with E-state index in [4.69, 9.17) is 10.5 Å². The number of aromatic nitrogens is 2. The van der Waals surface area contributed by atoms with Crippen LogP contribution in [0.5, 0.6) is 5.75 Å². The van der Waals surface area contributed by atoms with Crippen molar-refractivity contribution in [2.45, 2.75) is 38.8 Å². The molecule has 6 nitrogen and oxygen atoms in total. The van der Waals surface area contributed by atoms with Gasteiger partial charge in [0.2, 0.25) is 0 Å². The number of piperidine rings is 1. The van der Waals surface area contributed by atoms with Gasteiger partial charge in [0.05, 0.1) is 5.69 Å². The number of aryl methyl sites for hydroxylation is 1. The zero-order valence-electron chi connectivity index (χ0n) is 17.0. The Labute approximate surface area is 189 Å². The van der Waals surface area contributed by atoms with Gasteiger partial charge in [0.15, 0.2) is 0 Å². The lowest BCUT2D eigenvalue weighted by Crippen LogP contribution is -2.47. The molecule has 1 aliphatic heterocycles. The van der Waals surface area contributed by atoms with Crippen molar-refractivity contribution >= 4 is 36.4 Å². The van der Waals surface area contributed by atoms with Crippen LogP contribution < -0.4 is 10.5 Å². The third-order valence-electron chi connectivity index (χ3n) is 5.28. The van der Waals surface area contributed by atoms with E-state index >= 15 is 0 Å². The molecule has 0 radical (unpaired) electrons. The number of likely N-dealkylation sites (tertiary alicyclic amines) is 1. The number of amides is 1. The summed E-state index contributed by atoms with van der Waals surface area (Å²) in [6.07, 6.45) is 7.15. The number of imidazole rings is 1. The first kappa shape index (κ1) is 24.0. The summed E-state index contributed by atoms with van der Waals surface area (Å²) in [6, 6.07) is 11.5. The lowest BCUT2D eigenvalue weighted by molar-refractivity contribution is 0.0623. The Kier molecular flexibility index (Phi) is 8.53. The number of halogens is 2. The fraction of sp³-hybridized carbons (Fsp3) is 0.364. The molecular formula is C22H28Cl2N4O2. The number of hydrogen-bond donors (Lipinski definition) is 1. The second-order valence-electron chi connectivity index (χ2n) is 7.40. The summed E-state index contributed by atoms with van der Waals surface area (Å²) in [5.41, 5.74) is 9.43. The van der Waals surface area contributed by atoms with Gasteiger partial charge < -0.3 is 19.8 Å². The van der Waals surface area contributed by atoms with Crippen molar-refractivity contribution in [2.75, 3.05) is 13.1 Å². The quantitative estimate of drug-likeness (QED) is 0.636. The second kappa shape index (κ2) is 10.7. The van der Waals surface area contributed by atoms with E-state index in [1.165, 1.54) is 5.56 Å². The van der Waals surface area contributed by atoms with Crippen LogP contribution >= 0.6 is 24.8 Å². The van der Waals surface area contributed by atoms with Crippen molar-refractivity contribution in [2.24, 2.45) is 5.73 Å². The number of pyridine rings is 1. The van der Waals surface area contributed by atoms with Gasteiger partial charge >= 0.3 is 0 Å². The first-order valence-electron chi connectivity index (χ1n) is 9.82. The van der Waals surface area contributed by atoms with E-state index in [0.29, 0.717) is 24.5 Å². The summed E-state index contributed by atoms with van der Waals surface area (Å²) in [5, 5.41) is 0. The van der Waals surface area contributed by atoms with E-state index in [-0.39, 0.29) is 36.8 Å². The zero-order chi connectivity index (χ0) is 19.5. The minimum absolute atomic E-state index is 0. The van der Waals surface area contributed by atoms with Gasteiger partial charge in [-0.05, 0) is 56.0 Å². The molecule has 0 saturated carbocycles. The first-order chi connectivity index (χ1) is 13.6. The molecule has 1 unspecified atom stereocenters. The van der Waals surface area contributed by atoms with Crippen LogP contribution in [0, 0.1) is 6.92 Å². The zero-order valence-corrected chi connectivity index (χ0v) is 18.6. The molecule has 1 amide bonds. The molecule has 0 aliphatic carbocycles. The second-order valence-corrected chi connectivity index (χ2v) is 7.40. The van der Waals surface area contributed by atoms with Gasteiger partial charge in [0.25, 0.3) is 5.91 Å². The number of nitrogens with two attached hydrogens (primary N) is 1. The van der Waals surface area contributed by atoms with Gasteiger partial charge in [0, 0.05) is 37.1 Å². The largest absolute Gasteiger partial charge is 0.487 e. The molecule has 30 heavy (non-hydrogen) atoms. The molecule has 1 fully saturated rings. The fourth-order valence-corrected chi connectivity index (χ4v) is 3.78. The molecule has 162 valence electrons. The van der Waals surface area contributed by atoms with E-state index in [1.807, 2.05) is 58.1 Å². The van der Waals surface area contributed by atoms with Crippen LogP contribution in [0.1, 0.15) is 40.9 Å². The maximum absolute atomic E-state index is 12.9. The molecular weight excluding hydrogens is 423 g/mol. The number of fused-ring (bicyclic) bond motifs is 1. The summed E-state index contributed by atoms with van der Waals surface area (Å²) < 4.78 is 7.91. The Bertz CT molecular complexity index is 992. The molecule has 0 bridgehead atoms. The minimum Gasteiger partial charge on any atom is -0.487 e. The fourth-order valence-electron chi connectivity index (χ4n) is 3.78. The van der Waals surface area contributed by atoms with E-state index in [9.17, 15) is 4.79 Å². The number of rotatable bonds is 5. The molecule has 1 aromatic carbocycles. The van der Waals surface area contributed by atoms with Crippen molar-refractivity contribution in [3.63, 3.8) is 0 Å². The normalized spacial score (nSPS) is 15.9. The predicted octanol–water partition coefficient (Wildman–Crippen LogP) is 4.02. The van der Waals surface area contributed by atoms with Crippen molar-refractivity contribution in [3.8, 4) is 5.75 Å². The average Bonchev–Trinajstić information content (AvgIpc) is 3.14. The van der Waals surface area contributed by atoms with Crippen LogP contribution in [0.25, 0.3) is 5.65 Å². The van der Waals surface area contributed by atoms with E-state index in [0.717, 1.165) is 37.1 Å². The molecule has 4 rings (SSSR count). The highest BCUT2D eigenvalue weighted by Gasteiger charge is 2.26. The Morgan fingerprint density at radius 1 is 1.20 bits per heavy atom. The van der Waals surface area contributed by atoms with Crippen LogP contribution in [0.3, 0.4) is 0 Å². The van der Waals surface area contributed by atoms with Gasteiger partial charge in [0.1, 0.15) is 18.0 Å². The molecule has 1 saturated heterocycles. The van der Waals surface area contributed by atoms with Gasteiger partial charge in [-0.15, -0.1) is 24.8 Å². The van der Waals surface area contributed by atoms with Gasteiger partial charge in [-0.3, -0.25) is 4.79 Å². The Balaban J connectivity index is 0.00000160. The van der Waals surface area contributed by atoms with E-state index in [1.54, 1.807) is 0 Å². The summed E-state index contributed by atoms with van der Waals surface area (Å²) in [5.74, 6) is 0.698. The van der Waals surface area contributed by atoms with Crippen molar-refractivity contribution in [3.05, 3.63) is 65.6 Å². The molecule has 1 aliphatic rings. The molecule has 8 heteroatoms. The molecule has 2 N–H and O–H groups in total. The monoisotopic (exact) mass is 450 g/mol. The van der Waals surface area contributed by atoms with Crippen LogP contribution in [0.2, 0.25) is 0 Å². The molecule has 3 heterocycles. The highest BCUT2D eigenvalue weighted by molar-refractivity contribution is 5.95. The number of carbonyl (C=O) groups is 1. The standard InChI is InChI=1S/C22H26N4O2.2ClH/c1-16-8-9-21-24-18(14-25(21)13-16)15-28-20-7-4-5-17(11-20)22(27)26-10-3-2-6-19(26)12-23;;/h4-5,7-9,11,13-14,19H,2-3,6,10,12,15,23H2,1H3;2*1H. The number of ether oxygens (including phenoxy) is 1. The highest BCUT2D eigenvalue weighted by atomic mass is 35.5. The van der Waals surface area contributed by atoms with Crippen LogP contribution in [-0.4, -0.2) is 39.3 Å². The maximum atomic E-state index is 12.9. The van der Waals surface area contributed by atoms with Crippen molar-refractivity contribution in [1.82, 2.24) is 14.3 Å². The van der Waals surface area contributed by atoms with Gasteiger partial charge in [-0.25, -0.2) is 4.98 Å². The first-order valence-corrected chi connectivity index (χ1v) is 9.82. The van der Waals surface area contributed by atoms with Crippen molar-refractivity contribution in [1.29, 1.82) is 0 Å². The Hall–Kier alpha value is -2.28. The SMILES string of the molecule is Cc1ccc2nc(COc3cccc(C(=O)N4CCCCC4CN)c3)cn2c1.Cl.Cl. The number of hydrogen-bond acceptors (Lipinski definition) is 4. The molecule has 0 spiro atoms. The van der Waals surface area contributed by atoms with Crippen LogP contribution in [0.15, 0.2) is 48.8 Å². The molecule has 2 aromatic heterocycles.